The molecule has 0 atom stereocenters. The van der Waals surface area contributed by atoms with Crippen LogP contribution in [0.15, 0.2) is 48.5 Å². The van der Waals surface area contributed by atoms with Gasteiger partial charge in [0, 0.05) is 17.6 Å². The lowest BCUT2D eigenvalue weighted by molar-refractivity contribution is 0.627. The lowest BCUT2D eigenvalue weighted by Crippen LogP contribution is -1.99. The van der Waals surface area contributed by atoms with Gasteiger partial charge < -0.3 is 5.73 Å². The first kappa shape index (κ1) is 12.8. The second kappa shape index (κ2) is 5.02. The van der Waals surface area contributed by atoms with E-state index in [9.17, 15) is 4.39 Å². The van der Waals surface area contributed by atoms with Crippen molar-refractivity contribution in [2.75, 3.05) is 0 Å². The average molecular weight is 266 g/mol. The Kier molecular flexibility index (Phi) is 3.20. The van der Waals surface area contributed by atoms with Gasteiger partial charge in [0.15, 0.2) is 0 Å². The minimum absolute atomic E-state index is 0.251. The number of aromatic nitrogens is 1. The number of halogens is 1. The highest BCUT2D eigenvalue weighted by Gasteiger charge is 2.07. The molecule has 0 bridgehead atoms. The summed E-state index contributed by atoms with van der Waals surface area (Å²) in [7, 11) is 0. The molecule has 0 fully saturated rings. The van der Waals surface area contributed by atoms with Gasteiger partial charge in [0.05, 0.1) is 5.52 Å². The first-order valence-electron chi connectivity index (χ1n) is 6.53. The van der Waals surface area contributed by atoms with E-state index in [4.69, 9.17) is 5.73 Å². The third-order valence-electron chi connectivity index (χ3n) is 3.43. The van der Waals surface area contributed by atoms with Gasteiger partial charge in [-0.15, -0.1) is 0 Å². The van der Waals surface area contributed by atoms with Crippen LogP contribution >= 0.6 is 0 Å². The SMILES string of the molecule is Cc1ccc2cc(-c3cc(F)ccc3CN)ccc2n1. The molecular weight excluding hydrogens is 251 g/mol. The predicted octanol–water partition coefficient (Wildman–Crippen LogP) is 3.81. The van der Waals surface area contributed by atoms with Gasteiger partial charge in [0.25, 0.3) is 0 Å². The summed E-state index contributed by atoms with van der Waals surface area (Å²) >= 11 is 0. The third kappa shape index (κ3) is 2.28. The summed E-state index contributed by atoms with van der Waals surface area (Å²) in [6.45, 7) is 2.35. The molecular formula is C17H15FN2. The van der Waals surface area contributed by atoms with Gasteiger partial charge in [-0.25, -0.2) is 4.39 Å². The lowest BCUT2D eigenvalue weighted by atomic mass is 9.98. The van der Waals surface area contributed by atoms with Crippen molar-refractivity contribution in [3.63, 3.8) is 0 Å². The van der Waals surface area contributed by atoms with Crippen molar-refractivity contribution in [3.05, 3.63) is 65.6 Å². The van der Waals surface area contributed by atoms with E-state index in [1.807, 2.05) is 37.3 Å². The fourth-order valence-electron chi connectivity index (χ4n) is 2.39. The maximum Gasteiger partial charge on any atom is 0.123 e. The highest BCUT2D eigenvalue weighted by Crippen LogP contribution is 2.27. The molecule has 0 saturated carbocycles. The summed E-state index contributed by atoms with van der Waals surface area (Å²) in [6, 6.07) is 14.7. The van der Waals surface area contributed by atoms with Crippen molar-refractivity contribution in [2.24, 2.45) is 5.73 Å². The Morgan fingerprint density at radius 3 is 2.70 bits per heavy atom. The zero-order chi connectivity index (χ0) is 14.1. The standard InChI is InChI=1S/C17H15FN2/c1-11-2-3-13-8-12(5-7-17(13)20-11)16-9-15(18)6-4-14(16)10-19/h2-9H,10,19H2,1H3. The predicted molar refractivity (Wildman–Crippen MR) is 79.8 cm³/mol. The molecule has 2 aromatic carbocycles. The molecule has 3 rings (SSSR count). The first-order chi connectivity index (χ1) is 9.67. The van der Waals surface area contributed by atoms with E-state index in [2.05, 4.69) is 4.98 Å². The molecule has 2 N–H and O–H groups in total. The fraction of sp³-hybridized carbons (Fsp3) is 0.118. The number of aryl methyl sites for hydroxylation is 1. The van der Waals surface area contributed by atoms with Crippen molar-refractivity contribution in [1.29, 1.82) is 0 Å². The number of pyridine rings is 1. The Bertz CT molecular complexity index is 781. The summed E-state index contributed by atoms with van der Waals surface area (Å²) in [5.74, 6) is -0.251. The molecule has 0 aliphatic rings. The molecule has 0 aliphatic heterocycles. The number of benzene rings is 2. The van der Waals surface area contributed by atoms with Crippen LogP contribution in [0.25, 0.3) is 22.0 Å². The first-order valence-corrected chi connectivity index (χ1v) is 6.53. The van der Waals surface area contributed by atoms with Crippen molar-refractivity contribution in [1.82, 2.24) is 4.98 Å². The van der Waals surface area contributed by atoms with Gasteiger partial charge in [-0.3, -0.25) is 4.98 Å². The highest BCUT2D eigenvalue weighted by molar-refractivity contribution is 5.85. The van der Waals surface area contributed by atoms with Crippen molar-refractivity contribution >= 4 is 10.9 Å². The van der Waals surface area contributed by atoms with E-state index in [0.717, 1.165) is 33.3 Å². The molecule has 0 spiro atoms. The maximum atomic E-state index is 13.5. The summed E-state index contributed by atoms with van der Waals surface area (Å²) in [5.41, 5.74) is 10.4. The van der Waals surface area contributed by atoms with Crippen molar-refractivity contribution < 1.29 is 4.39 Å². The molecule has 100 valence electrons. The Labute approximate surface area is 117 Å². The summed E-state index contributed by atoms with van der Waals surface area (Å²) in [4.78, 5) is 4.47. The van der Waals surface area contributed by atoms with Crippen LogP contribution in [0.3, 0.4) is 0 Å². The molecule has 0 saturated heterocycles. The summed E-state index contributed by atoms with van der Waals surface area (Å²) in [6.07, 6.45) is 0. The van der Waals surface area contributed by atoms with Crippen LogP contribution in [0.2, 0.25) is 0 Å². The summed E-state index contributed by atoms with van der Waals surface area (Å²) < 4.78 is 13.5. The van der Waals surface area contributed by atoms with Crippen LogP contribution in [0.5, 0.6) is 0 Å². The van der Waals surface area contributed by atoms with E-state index < -0.39 is 0 Å². The number of hydrogen-bond acceptors (Lipinski definition) is 2. The van der Waals surface area contributed by atoms with E-state index in [-0.39, 0.29) is 5.82 Å². The Morgan fingerprint density at radius 1 is 1.05 bits per heavy atom. The van der Waals surface area contributed by atoms with Crippen molar-refractivity contribution in [3.8, 4) is 11.1 Å². The summed E-state index contributed by atoms with van der Waals surface area (Å²) in [5, 5.41) is 1.04. The zero-order valence-electron chi connectivity index (χ0n) is 11.2. The van der Waals surface area contributed by atoms with Crippen LogP contribution in [-0.4, -0.2) is 4.98 Å². The minimum Gasteiger partial charge on any atom is -0.326 e. The quantitative estimate of drug-likeness (QED) is 0.766. The van der Waals surface area contributed by atoms with Gasteiger partial charge >= 0.3 is 0 Å². The Balaban J connectivity index is 2.19. The number of rotatable bonds is 2. The van der Waals surface area contributed by atoms with Gasteiger partial charge in [0.1, 0.15) is 5.82 Å². The van der Waals surface area contributed by atoms with Crippen molar-refractivity contribution in [2.45, 2.75) is 13.5 Å². The average Bonchev–Trinajstić information content (AvgIpc) is 2.46. The number of nitrogens with zero attached hydrogens (tertiary/aromatic N) is 1. The number of nitrogens with two attached hydrogens (primary N) is 1. The molecule has 3 aromatic rings. The highest BCUT2D eigenvalue weighted by atomic mass is 19.1. The fourth-order valence-corrected chi connectivity index (χ4v) is 2.39. The van der Waals surface area contributed by atoms with E-state index >= 15 is 0 Å². The monoisotopic (exact) mass is 266 g/mol. The molecule has 0 aliphatic carbocycles. The molecule has 0 unspecified atom stereocenters. The lowest BCUT2D eigenvalue weighted by Gasteiger charge is -2.09. The smallest absolute Gasteiger partial charge is 0.123 e. The van der Waals surface area contributed by atoms with E-state index in [1.165, 1.54) is 12.1 Å². The normalized spacial score (nSPS) is 10.9. The maximum absolute atomic E-state index is 13.5. The molecule has 0 radical (unpaired) electrons. The van der Waals surface area contributed by atoms with E-state index in [0.29, 0.717) is 6.54 Å². The van der Waals surface area contributed by atoms with Gasteiger partial charge in [-0.2, -0.15) is 0 Å². The Hall–Kier alpha value is -2.26. The second-order valence-corrected chi connectivity index (χ2v) is 4.87. The van der Waals surface area contributed by atoms with Gasteiger partial charge in [-0.1, -0.05) is 18.2 Å². The second-order valence-electron chi connectivity index (χ2n) is 4.87. The van der Waals surface area contributed by atoms with Crippen LogP contribution < -0.4 is 5.73 Å². The number of hydrogen-bond donors (Lipinski definition) is 1. The van der Waals surface area contributed by atoms with Gasteiger partial charge in [0.2, 0.25) is 0 Å². The van der Waals surface area contributed by atoms with Crippen LogP contribution in [-0.2, 0) is 6.54 Å². The molecule has 0 amide bonds. The van der Waals surface area contributed by atoms with Crippen LogP contribution in [0.4, 0.5) is 4.39 Å². The molecule has 1 heterocycles. The molecule has 2 nitrogen and oxygen atoms in total. The van der Waals surface area contributed by atoms with Gasteiger partial charge in [-0.05, 0) is 53.9 Å². The largest absolute Gasteiger partial charge is 0.326 e. The number of fused-ring (bicyclic) bond motifs is 1. The Morgan fingerprint density at radius 2 is 1.90 bits per heavy atom. The third-order valence-corrected chi connectivity index (χ3v) is 3.43. The molecule has 1 aromatic heterocycles. The minimum atomic E-state index is -0.251. The molecule has 3 heteroatoms. The zero-order valence-corrected chi connectivity index (χ0v) is 11.2. The van der Waals surface area contributed by atoms with E-state index in [1.54, 1.807) is 6.07 Å². The van der Waals surface area contributed by atoms with Crippen LogP contribution in [0.1, 0.15) is 11.3 Å². The van der Waals surface area contributed by atoms with Crippen LogP contribution in [0, 0.1) is 12.7 Å². The topological polar surface area (TPSA) is 38.9 Å². The molecule has 20 heavy (non-hydrogen) atoms.